The van der Waals surface area contributed by atoms with Gasteiger partial charge in [0.1, 0.15) is 0 Å². The molecule has 1 aromatic carbocycles. The lowest BCUT2D eigenvalue weighted by molar-refractivity contribution is 0.0995. The molecule has 0 spiro atoms. The third-order valence-corrected chi connectivity index (χ3v) is 3.42. The highest BCUT2D eigenvalue weighted by atomic mass is 32.1. The van der Waals surface area contributed by atoms with Crippen LogP contribution in [0.1, 0.15) is 29.9 Å². The van der Waals surface area contributed by atoms with Crippen molar-refractivity contribution in [3.63, 3.8) is 0 Å². The Morgan fingerprint density at radius 1 is 1.27 bits per heavy atom. The van der Waals surface area contributed by atoms with Crippen molar-refractivity contribution >= 4 is 34.6 Å². The van der Waals surface area contributed by atoms with Gasteiger partial charge in [0.2, 0.25) is 0 Å². The second-order valence-electron chi connectivity index (χ2n) is 4.70. The van der Waals surface area contributed by atoms with E-state index in [1.165, 1.54) is 0 Å². The van der Waals surface area contributed by atoms with Crippen molar-refractivity contribution in [3.05, 3.63) is 41.7 Å². The molecule has 0 aliphatic heterocycles. The number of nitrogens with two attached hydrogens (primary N) is 1. The van der Waals surface area contributed by atoms with E-state index in [0.29, 0.717) is 17.3 Å². The molecule has 1 amide bonds. The number of amides is 1. The van der Waals surface area contributed by atoms with Gasteiger partial charge in [-0.2, -0.15) is 5.10 Å². The van der Waals surface area contributed by atoms with E-state index in [-0.39, 0.29) is 5.69 Å². The van der Waals surface area contributed by atoms with Crippen LogP contribution in [-0.2, 0) is 13.0 Å². The van der Waals surface area contributed by atoms with Crippen molar-refractivity contribution in [2.45, 2.75) is 26.8 Å². The molecule has 22 heavy (non-hydrogen) atoms. The normalized spacial score (nSPS) is 10.3. The van der Waals surface area contributed by atoms with Crippen LogP contribution in [-0.4, -0.2) is 20.8 Å². The number of rotatable bonds is 5. The molecule has 0 unspecified atom stereocenters. The molecule has 1 aromatic heterocycles. The maximum absolute atomic E-state index is 11.4. The van der Waals surface area contributed by atoms with E-state index in [9.17, 15) is 4.79 Å². The molecule has 116 valence electrons. The number of primary amides is 1. The molecule has 0 saturated carbocycles. The number of hydrogen-bond acceptors (Lipinski definition) is 3. The third kappa shape index (κ3) is 3.62. The minimum atomic E-state index is -0.591. The number of thiocarbonyl (C=S) groups is 1. The minimum Gasteiger partial charge on any atom is -0.364 e. The fraction of sp³-hybridized carbons (Fsp3) is 0.267. The molecule has 0 atom stereocenters. The number of aryl methyl sites for hydroxylation is 2. The third-order valence-electron chi connectivity index (χ3n) is 3.21. The van der Waals surface area contributed by atoms with E-state index in [1.807, 2.05) is 31.2 Å². The lowest BCUT2D eigenvalue weighted by Crippen LogP contribution is -2.22. The highest BCUT2D eigenvalue weighted by molar-refractivity contribution is 7.80. The first-order valence-electron chi connectivity index (χ1n) is 7.08. The molecule has 2 rings (SSSR count). The maximum Gasteiger partial charge on any atom is 0.271 e. The van der Waals surface area contributed by atoms with Crippen LogP contribution in [0.5, 0.6) is 0 Å². The molecule has 0 aliphatic rings. The van der Waals surface area contributed by atoms with Gasteiger partial charge < -0.3 is 16.4 Å². The van der Waals surface area contributed by atoms with E-state index < -0.39 is 5.91 Å². The Morgan fingerprint density at radius 2 is 1.95 bits per heavy atom. The number of para-hydroxylation sites is 1. The quantitative estimate of drug-likeness (QED) is 0.737. The Kier molecular flexibility index (Phi) is 5.11. The van der Waals surface area contributed by atoms with Crippen LogP contribution >= 0.6 is 12.2 Å². The lowest BCUT2D eigenvalue weighted by atomic mass is 10.1. The van der Waals surface area contributed by atoms with Gasteiger partial charge in [-0.25, -0.2) is 0 Å². The van der Waals surface area contributed by atoms with Gasteiger partial charge in [-0.05, 0) is 37.2 Å². The molecular weight excluding hydrogens is 298 g/mol. The van der Waals surface area contributed by atoms with Crippen LogP contribution < -0.4 is 16.4 Å². The molecule has 2 aromatic rings. The molecule has 6 nitrogen and oxygen atoms in total. The summed E-state index contributed by atoms with van der Waals surface area (Å²) in [5.41, 5.74) is 8.11. The summed E-state index contributed by atoms with van der Waals surface area (Å²) < 4.78 is 1.63. The Bertz CT molecular complexity index is 695. The Balaban J connectivity index is 2.15. The van der Waals surface area contributed by atoms with E-state index in [2.05, 4.69) is 22.7 Å². The zero-order valence-corrected chi connectivity index (χ0v) is 13.4. The van der Waals surface area contributed by atoms with Crippen LogP contribution in [0.15, 0.2) is 30.5 Å². The number of carbonyl (C=O) groups excluding carboxylic acids is 1. The first-order valence-corrected chi connectivity index (χ1v) is 7.49. The summed E-state index contributed by atoms with van der Waals surface area (Å²) in [5, 5.41) is 10.6. The van der Waals surface area contributed by atoms with Crippen molar-refractivity contribution in [1.82, 2.24) is 9.78 Å². The average Bonchev–Trinajstić information content (AvgIpc) is 2.91. The van der Waals surface area contributed by atoms with Crippen molar-refractivity contribution in [1.29, 1.82) is 0 Å². The molecule has 0 radical (unpaired) electrons. The first kappa shape index (κ1) is 16.0. The molecule has 7 heteroatoms. The van der Waals surface area contributed by atoms with E-state index in [0.717, 1.165) is 17.7 Å². The summed E-state index contributed by atoms with van der Waals surface area (Å²) in [6, 6.07) is 7.91. The summed E-state index contributed by atoms with van der Waals surface area (Å²) in [6.07, 6.45) is 2.60. The number of nitrogens with zero attached hydrogens (tertiary/aromatic N) is 2. The lowest BCUT2D eigenvalue weighted by Gasteiger charge is -2.12. The monoisotopic (exact) mass is 317 g/mol. The van der Waals surface area contributed by atoms with Crippen molar-refractivity contribution < 1.29 is 4.79 Å². The number of nitrogens with one attached hydrogen (secondary N) is 2. The summed E-state index contributed by atoms with van der Waals surface area (Å²) in [4.78, 5) is 11.4. The summed E-state index contributed by atoms with van der Waals surface area (Å²) in [7, 11) is 0. The van der Waals surface area contributed by atoms with E-state index in [4.69, 9.17) is 18.0 Å². The van der Waals surface area contributed by atoms with Crippen LogP contribution in [0, 0.1) is 0 Å². The molecule has 0 saturated heterocycles. The van der Waals surface area contributed by atoms with Gasteiger partial charge in [0.15, 0.2) is 10.8 Å². The average molecular weight is 317 g/mol. The number of carbonyl (C=O) groups is 1. The van der Waals surface area contributed by atoms with E-state index in [1.54, 1.807) is 10.9 Å². The van der Waals surface area contributed by atoms with Crippen molar-refractivity contribution in [3.8, 4) is 0 Å². The summed E-state index contributed by atoms with van der Waals surface area (Å²) in [6.45, 7) is 4.64. The van der Waals surface area contributed by atoms with Gasteiger partial charge >= 0.3 is 0 Å². The fourth-order valence-electron chi connectivity index (χ4n) is 2.08. The topological polar surface area (TPSA) is 85.0 Å². The smallest absolute Gasteiger partial charge is 0.271 e. The first-order chi connectivity index (χ1) is 10.5. The van der Waals surface area contributed by atoms with Gasteiger partial charge in [0, 0.05) is 18.4 Å². The highest BCUT2D eigenvalue weighted by Gasteiger charge is 2.15. The van der Waals surface area contributed by atoms with Gasteiger partial charge in [-0.1, -0.05) is 25.1 Å². The highest BCUT2D eigenvalue weighted by Crippen LogP contribution is 2.17. The number of aromatic nitrogens is 2. The Hall–Kier alpha value is -2.41. The van der Waals surface area contributed by atoms with Gasteiger partial charge in [-0.15, -0.1) is 0 Å². The molecule has 1 heterocycles. The van der Waals surface area contributed by atoms with E-state index >= 15 is 0 Å². The van der Waals surface area contributed by atoms with Gasteiger partial charge in [-0.3, -0.25) is 9.48 Å². The molecule has 0 bridgehead atoms. The number of anilines is 2. The largest absolute Gasteiger partial charge is 0.364 e. The molecule has 0 aliphatic carbocycles. The standard InChI is InChI=1S/C15H19N5OS/c1-3-10-7-5-6-8-11(10)17-15(22)18-12-9-20(4-2)19-13(12)14(16)21/h5-9H,3-4H2,1-2H3,(H2,16,21)(H2,17,18,22). The van der Waals surface area contributed by atoms with Crippen LogP contribution in [0.4, 0.5) is 11.4 Å². The second-order valence-corrected chi connectivity index (χ2v) is 5.11. The number of benzene rings is 1. The fourth-order valence-corrected chi connectivity index (χ4v) is 2.30. The Labute approximate surface area is 134 Å². The minimum absolute atomic E-state index is 0.176. The van der Waals surface area contributed by atoms with Gasteiger partial charge in [0.05, 0.1) is 5.69 Å². The van der Waals surface area contributed by atoms with Crippen molar-refractivity contribution in [2.75, 3.05) is 10.6 Å². The zero-order chi connectivity index (χ0) is 16.1. The number of hydrogen-bond donors (Lipinski definition) is 3. The van der Waals surface area contributed by atoms with Crippen molar-refractivity contribution in [2.24, 2.45) is 5.73 Å². The summed E-state index contributed by atoms with van der Waals surface area (Å²) in [5.74, 6) is -0.591. The SMILES string of the molecule is CCc1ccccc1NC(=S)Nc1cn(CC)nc1C(N)=O. The van der Waals surface area contributed by atoms with Crippen LogP contribution in [0.2, 0.25) is 0 Å². The zero-order valence-electron chi connectivity index (χ0n) is 12.6. The predicted molar refractivity (Wildman–Crippen MR) is 92.1 cm³/mol. The van der Waals surface area contributed by atoms with Crippen LogP contribution in [0.3, 0.4) is 0 Å². The van der Waals surface area contributed by atoms with Gasteiger partial charge in [0.25, 0.3) is 5.91 Å². The second kappa shape index (κ2) is 7.04. The maximum atomic E-state index is 11.4. The summed E-state index contributed by atoms with van der Waals surface area (Å²) >= 11 is 5.31. The molecule has 0 fully saturated rings. The van der Waals surface area contributed by atoms with Crippen LogP contribution in [0.25, 0.3) is 0 Å². The molecular formula is C15H19N5OS. The predicted octanol–water partition coefficient (Wildman–Crippen LogP) is 2.37. The Morgan fingerprint density at radius 3 is 2.59 bits per heavy atom. The molecule has 4 N–H and O–H groups in total.